The molecule has 1 aliphatic carbocycles. The molecule has 2 heterocycles. The molecule has 0 saturated carbocycles. The number of hydrogen-bond donors (Lipinski definition) is 1. The smallest absolute Gasteiger partial charge is 0.228 e. The third-order valence-electron chi connectivity index (χ3n) is 5.73. The molecule has 1 fully saturated rings. The molecule has 0 bridgehead atoms. The Hall–Kier alpha value is -2.19. The molecule has 8 heteroatoms. The van der Waals surface area contributed by atoms with Crippen molar-refractivity contribution in [3.63, 3.8) is 0 Å². The van der Waals surface area contributed by atoms with Gasteiger partial charge in [-0.2, -0.15) is 5.10 Å². The molecule has 1 aromatic carbocycles. The molecule has 1 saturated heterocycles. The number of nitrogens with zero attached hydrogens (tertiary/aromatic N) is 3. The van der Waals surface area contributed by atoms with Gasteiger partial charge in [0.25, 0.3) is 0 Å². The molecule has 2 aromatic rings. The lowest BCUT2D eigenvalue weighted by Gasteiger charge is -2.30. The molecule has 1 N–H and O–H groups in total. The Balaban J connectivity index is 1.51. The van der Waals surface area contributed by atoms with Gasteiger partial charge in [0, 0.05) is 24.6 Å². The van der Waals surface area contributed by atoms with Crippen LogP contribution in [0.4, 0.5) is 5.82 Å². The third kappa shape index (κ3) is 3.58. The van der Waals surface area contributed by atoms with Gasteiger partial charge in [-0.1, -0.05) is 18.2 Å². The van der Waals surface area contributed by atoms with Crippen LogP contribution in [-0.2, 0) is 27.7 Å². The van der Waals surface area contributed by atoms with Gasteiger partial charge in [0.1, 0.15) is 5.82 Å². The highest BCUT2D eigenvalue weighted by Gasteiger charge is 2.32. The van der Waals surface area contributed by atoms with Crippen LogP contribution in [0.15, 0.2) is 30.3 Å². The summed E-state index contributed by atoms with van der Waals surface area (Å²) in [7, 11) is -3.18. The average Bonchev–Trinajstić information content (AvgIpc) is 3.31. The van der Waals surface area contributed by atoms with E-state index in [1.165, 1.54) is 4.31 Å². The van der Waals surface area contributed by atoms with Crippen molar-refractivity contribution in [3.8, 4) is 5.69 Å². The fourth-order valence-electron chi connectivity index (χ4n) is 4.07. The van der Waals surface area contributed by atoms with Crippen LogP contribution < -0.4 is 5.32 Å². The molecule has 2 aliphatic rings. The number of amides is 1. The second-order valence-electron chi connectivity index (χ2n) is 7.44. The van der Waals surface area contributed by atoms with Crippen molar-refractivity contribution in [3.05, 3.63) is 41.6 Å². The van der Waals surface area contributed by atoms with Crippen LogP contribution in [0.3, 0.4) is 0 Å². The van der Waals surface area contributed by atoms with E-state index in [0.29, 0.717) is 25.9 Å². The lowest BCUT2D eigenvalue weighted by molar-refractivity contribution is -0.120. The average molecular weight is 403 g/mol. The Bertz CT molecular complexity index is 961. The molecule has 150 valence electrons. The monoisotopic (exact) mass is 402 g/mol. The van der Waals surface area contributed by atoms with Gasteiger partial charge < -0.3 is 5.32 Å². The minimum atomic E-state index is -3.18. The molecule has 0 atom stereocenters. The number of aryl methyl sites for hydroxylation is 1. The first-order valence-corrected chi connectivity index (χ1v) is 11.6. The second-order valence-corrected chi connectivity index (χ2v) is 9.70. The molecule has 0 unspecified atom stereocenters. The topological polar surface area (TPSA) is 84.3 Å². The first kappa shape index (κ1) is 19.1. The summed E-state index contributed by atoms with van der Waals surface area (Å²) < 4.78 is 27.4. The molecule has 1 aromatic heterocycles. The van der Waals surface area contributed by atoms with E-state index < -0.39 is 10.0 Å². The summed E-state index contributed by atoms with van der Waals surface area (Å²) in [5.74, 6) is 0.652. The number of sulfonamides is 1. The number of benzene rings is 1. The largest absolute Gasteiger partial charge is 0.310 e. The summed E-state index contributed by atoms with van der Waals surface area (Å²) in [6.45, 7) is 2.47. The van der Waals surface area contributed by atoms with Crippen LogP contribution in [-0.4, -0.2) is 47.3 Å². The zero-order valence-corrected chi connectivity index (χ0v) is 16.9. The van der Waals surface area contributed by atoms with Crippen LogP contribution in [0.5, 0.6) is 0 Å². The normalized spacial score (nSPS) is 18.2. The second kappa shape index (κ2) is 7.67. The summed E-state index contributed by atoms with van der Waals surface area (Å²) >= 11 is 0. The molecule has 0 spiro atoms. The summed E-state index contributed by atoms with van der Waals surface area (Å²) in [4.78, 5) is 13.0. The summed E-state index contributed by atoms with van der Waals surface area (Å²) in [5, 5.41) is 7.85. The van der Waals surface area contributed by atoms with Crippen molar-refractivity contribution in [2.24, 2.45) is 5.92 Å². The Morgan fingerprint density at radius 3 is 2.57 bits per heavy atom. The number of carbonyl (C=O) groups excluding carboxylic acids is 1. The molecular weight excluding hydrogens is 376 g/mol. The lowest BCUT2D eigenvalue weighted by Crippen LogP contribution is -2.42. The number of aromatic nitrogens is 2. The number of nitrogens with one attached hydrogen (secondary N) is 1. The Morgan fingerprint density at radius 2 is 1.89 bits per heavy atom. The number of anilines is 1. The summed E-state index contributed by atoms with van der Waals surface area (Å²) in [6, 6.07) is 9.82. The van der Waals surface area contributed by atoms with Gasteiger partial charge in [0.2, 0.25) is 15.9 Å². The zero-order valence-electron chi connectivity index (χ0n) is 16.1. The SMILES string of the molecule is CCS(=O)(=O)N1CCC(C(=O)Nc2c3c(nn2-c2ccccc2)CCC3)CC1. The van der Waals surface area contributed by atoms with E-state index in [4.69, 9.17) is 5.10 Å². The summed E-state index contributed by atoms with van der Waals surface area (Å²) in [5.41, 5.74) is 3.11. The third-order valence-corrected chi connectivity index (χ3v) is 7.61. The maximum atomic E-state index is 13.0. The number of para-hydroxylation sites is 1. The Morgan fingerprint density at radius 1 is 1.18 bits per heavy atom. The molecule has 0 radical (unpaired) electrons. The highest BCUT2D eigenvalue weighted by atomic mass is 32.2. The number of fused-ring (bicyclic) bond motifs is 1. The fraction of sp³-hybridized carbons (Fsp3) is 0.500. The molecule has 4 rings (SSSR count). The Labute approximate surface area is 165 Å². The molecule has 1 aliphatic heterocycles. The van der Waals surface area contributed by atoms with E-state index in [1.54, 1.807) is 6.92 Å². The molecule has 28 heavy (non-hydrogen) atoms. The van der Waals surface area contributed by atoms with Gasteiger partial charge in [-0.3, -0.25) is 4.79 Å². The van der Waals surface area contributed by atoms with Crippen LogP contribution in [0.25, 0.3) is 5.69 Å². The van der Waals surface area contributed by atoms with Crippen LogP contribution in [0.2, 0.25) is 0 Å². The van der Waals surface area contributed by atoms with Gasteiger partial charge in [0.15, 0.2) is 0 Å². The van der Waals surface area contributed by atoms with E-state index >= 15 is 0 Å². The van der Waals surface area contributed by atoms with Crippen molar-refractivity contribution in [1.82, 2.24) is 14.1 Å². The zero-order chi connectivity index (χ0) is 19.7. The predicted molar refractivity (Wildman–Crippen MR) is 108 cm³/mol. The molecule has 1 amide bonds. The van der Waals surface area contributed by atoms with Crippen LogP contribution in [0.1, 0.15) is 37.4 Å². The number of rotatable bonds is 5. The first-order chi connectivity index (χ1) is 13.5. The summed E-state index contributed by atoms with van der Waals surface area (Å²) in [6.07, 6.45) is 4.01. The van der Waals surface area contributed by atoms with Crippen LogP contribution >= 0.6 is 0 Å². The van der Waals surface area contributed by atoms with Crippen molar-refractivity contribution >= 4 is 21.7 Å². The van der Waals surface area contributed by atoms with E-state index in [2.05, 4.69) is 5.32 Å². The maximum Gasteiger partial charge on any atom is 0.228 e. The standard InChI is InChI=1S/C20H26N4O3S/c1-2-28(26,27)23-13-11-15(12-14-23)20(25)21-19-17-9-6-10-18(17)22-24(19)16-7-4-3-5-8-16/h3-5,7-8,15H,2,6,9-14H2,1H3,(H,21,25). The molecule has 7 nitrogen and oxygen atoms in total. The van der Waals surface area contributed by atoms with Gasteiger partial charge in [-0.05, 0) is 51.2 Å². The van der Waals surface area contributed by atoms with Gasteiger partial charge >= 0.3 is 0 Å². The van der Waals surface area contributed by atoms with Crippen molar-refractivity contribution in [2.45, 2.75) is 39.0 Å². The van der Waals surface area contributed by atoms with E-state index in [1.807, 2.05) is 35.0 Å². The van der Waals surface area contributed by atoms with Gasteiger partial charge in [-0.15, -0.1) is 0 Å². The number of hydrogen-bond acceptors (Lipinski definition) is 4. The molecular formula is C20H26N4O3S. The highest BCUT2D eigenvalue weighted by molar-refractivity contribution is 7.89. The lowest BCUT2D eigenvalue weighted by atomic mass is 9.97. The highest BCUT2D eigenvalue weighted by Crippen LogP contribution is 2.32. The fourth-order valence-corrected chi connectivity index (χ4v) is 5.21. The van der Waals surface area contributed by atoms with E-state index in [0.717, 1.165) is 42.0 Å². The minimum absolute atomic E-state index is 0.0414. The number of piperidine rings is 1. The first-order valence-electron chi connectivity index (χ1n) is 9.94. The quantitative estimate of drug-likeness (QED) is 0.832. The van der Waals surface area contributed by atoms with Gasteiger partial charge in [-0.25, -0.2) is 17.4 Å². The minimum Gasteiger partial charge on any atom is -0.310 e. The van der Waals surface area contributed by atoms with E-state index in [9.17, 15) is 13.2 Å². The van der Waals surface area contributed by atoms with Crippen LogP contribution in [0, 0.1) is 5.92 Å². The van der Waals surface area contributed by atoms with Crippen molar-refractivity contribution in [1.29, 1.82) is 0 Å². The Kier molecular flexibility index (Phi) is 5.25. The maximum absolute atomic E-state index is 13.0. The van der Waals surface area contributed by atoms with E-state index in [-0.39, 0.29) is 17.6 Å². The predicted octanol–water partition coefficient (Wildman–Crippen LogP) is 2.36. The number of carbonyl (C=O) groups is 1. The van der Waals surface area contributed by atoms with Crippen molar-refractivity contribution in [2.75, 3.05) is 24.2 Å². The van der Waals surface area contributed by atoms with Crippen molar-refractivity contribution < 1.29 is 13.2 Å². The van der Waals surface area contributed by atoms with Gasteiger partial charge in [0.05, 0.1) is 17.1 Å².